The van der Waals surface area contributed by atoms with Crippen molar-refractivity contribution in [3.63, 3.8) is 0 Å². The molecular weight excluding hydrogens is 292 g/mol. The molecule has 5 heteroatoms. The summed E-state index contributed by atoms with van der Waals surface area (Å²) < 4.78 is 10.6. The maximum Gasteiger partial charge on any atom is 0.123 e. The molecule has 0 saturated carbocycles. The summed E-state index contributed by atoms with van der Waals surface area (Å²) in [5, 5.41) is 12.7. The summed E-state index contributed by atoms with van der Waals surface area (Å²) >= 11 is 0. The number of nitrogens with zero attached hydrogens (tertiary/aromatic N) is 1. The van der Waals surface area contributed by atoms with Crippen LogP contribution in [0.25, 0.3) is 5.70 Å². The van der Waals surface area contributed by atoms with E-state index >= 15 is 0 Å². The summed E-state index contributed by atoms with van der Waals surface area (Å²) in [5.41, 5.74) is 3.73. The van der Waals surface area contributed by atoms with E-state index in [0.29, 0.717) is 6.67 Å². The van der Waals surface area contributed by atoms with Gasteiger partial charge in [0.1, 0.15) is 23.9 Å². The Hall–Kier alpha value is -2.95. The van der Waals surface area contributed by atoms with E-state index in [1.54, 1.807) is 26.4 Å². The van der Waals surface area contributed by atoms with Gasteiger partial charge in [0, 0.05) is 17.3 Å². The SMILES string of the molecule is COc1cc(OC)cc(C2=NCNC(c3ccc(O)cc3)=C2)c1. The van der Waals surface area contributed by atoms with Gasteiger partial charge in [-0.3, -0.25) is 4.99 Å². The van der Waals surface area contributed by atoms with E-state index in [-0.39, 0.29) is 5.75 Å². The van der Waals surface area contributed by atoms with Crippen molar-refractivity contribution in [1.82, 2.24) is 5.32 Å². The van der Waals surface area contributed by atoms with Gasteiger partial charge in [-0.05, 0) is 48.0 Å². The highest BCUT2D eigenvalue weighted by atomic mass is 16.5. The molecule has 1 aliphatic rings. The molecule has 0 saturated heterocycles. The molecule has 5 nitrogen and oxygen atoms in total. The van der Waals surface area contributed by atoms with Crippen molar-refractivity contribution in [3.05, 3.63) is 59.7 Å². The molecule has 0 amide bonds. The van der Waals surface area contributed by atoms with Crippen LogP contribution in [0, 0.1) is 0 Å². The number of aliphatic imine (C=N–C) groups is 1. The molecule has 0 spiro atoms. The number of hydrogen-bond donors (Lipinski definition) is 2. The zero-order valence-corrected chi connectivity index (χ0v) is 13.0. The number of phenols is 1. The average Bonchev–Trinajstić information content (AvgIpc) is 2.62. The van der Waals surface area contributed by atoms with Gasteiger partial charge in [0.05, 0.1) is 19.9 Å². The Morgan fingerprint density at radius 2 is 1.61 bits per heavy atom. The number of nitrogens with one attached hydrogen (secondary N) is 1. The van der Waals surface area contributed by atoms with Crippen molar-refractivity contribution < 1.29 is 14.6 Å². The second kappa shape index (κ2) is 6.44. The van der Waals surface area contributed by atoms with E-state index in [9.17, 15) is 5.11 Å². The topological polar surface area (TPSA) is 63.1 Å². The van der Waals surface area contributed by atoms with E-state index < -0.39 is 0 Å². The third kappa shape index (κ3) is 3.29. The van der Waals surface area contributed by atoms with Crippen molar-refractivity contribution >= 4 is 11.4 Å². The summed E-state index contributed by atoms with van der Waals surface area (Å²) in [6.07, 6.45) is 1.98. The normalized spacial score (nSPS) is 13.7. The number of rotatable bonds is 4. The third-order valence-corrected chi connectivity index (χ3v) is 3.63. The average molecular weight is 310 g/mol. The second-order valence-electron chi connectivity index (χ2n) is 5.08. The first-order valence-electron chi connectivity index (χ1n) is 7.22. The minimum absolute atomic E-state index is 0.247. The summed E-state index contributed by atoms with van der Waals surface area (Å²) in [7, 11) is 3.25. The van der Waals surface area contributed by atoms with E-state index in [1.807, 2.05) is 36.4 Å². The molecule has 2 N–H and O–H groups in total. The maximum absolute atomic E-state index is 9.41. The van der Waals surface area contributed by atoms with Crippen molar-refractivity contribution in [2.24, 2.45) is 4.99 Å². The molecular formula is C18H18N2O3. The number of hydrogen-bond acceptors (Lipinski definition) is 5. The highest BCUT2D eigenvalue weighted by Gasteiger charge is 2.12. The molecule has 23 heavy (non-hydrogen) atoms. The van der Waals surface area contributed by atoms with Crippen LogP contribution in [0.1, 0.15) is 11.1 Å². The second-order valence-corrected chi connectivity index (χ2v) is 5.08. The van der Waals surface area contributed by atoms with Crippen LogP contribution < -0.4 is 14.8 Å². The molecule has 118 valence electrons. The fourth-order valence-electron chi connectivity index (χ4n) is 2.40. The van der Waals surface area contributed by atoms with Crippen LogP contribution in [0.2, 0.25) is 0 Å². The van der Waals surface area contributed by atoms with Crippen molar-refractivity contribution in [2.75, 3.05) is 20.9 Å². The minimum Gasteiger partial charge on any atom is -0.508 e. The number of methoxy groups -OCH3 is 2. The van der Waals surface area contributed by atoms with Gasteiger partial charge < -0.3 is 19.9 Å². The molecule has 0 unspecified atom stereocenters. The Morgan fingerprint density at radius 1 is 0.957 bits per heavy atom. The van der Waals surface area contributed by atoms with Gasteiger partial charge in [0.25, 0.3) is 0 Å². The standard InChI is InChI=1S/C18H18N2O3/c1-22-15-7-13(8-16(9-15)23-2)18-10-17(19-11-20-18)12-3-5-14(21)6-4-12/h3-10,19,21H,11H2,1-2H3. The number of ether oxygens (including phenoxy) is 2. The molecule has 0 aromatic heterocycles. The number of benzene rings is 2. The van der Waals surface area contributed by atoms with Crippen LogP contribution >= 0.6 is 0 Å². The van der Waals surface area contributed by atoms with Gasteiger partial charge in [-0.15, -0.1) is 0 Å². The number of phenolic OH excluding ortho intramolecular Hbond substituents is 1. The summed E-state index contributed by atoms with van der Waals surface area (Å²) in [6.45, 7) is 0.488. The first-order valence-corrected chi connectivity index (χ1v) is 7.22. The highest BCUT2D eigenvalue weighted by Crippen LogP contribution is 2.25. The fourth-order valence-corrected chi connectivity index (χ4v) is 2.40. The van der Waals surface area contributed by atoms with Crippen LogP contribution in [-0.4, -0.2) is 31.7 Å². The smallest absolute Gasteiger partial charge is 0.123 e. The van der Waals surface area contributed by atoms with Crippen molar-refractivity contribution in [3.8, 4) is 17.2 Å². The van der Waals surface area contributed by atoms with Gasteiger partial charge in [-0.25, -0.2) is 0 Å². The molecule has 2 aromatic rings. The minimum atomic E-state index is 0.247. The van der Waals surface area contributed by atoms with Gasteiger partial charge in [0.15, 0.2) is 0 Å². The largest absolute Gasteiger partial charge is 0.508 e. The molecule has 1 heterocycles. The molecule has 0 atom stereocenters. The van der Waals surface area contributed by atoms with E-state index in [4.69, 9.17) is 9.47 Å². The van der Waals surface area contributed by atoms with Gasteiger partial charge in [-0.2, -0.15) is 0 Å². The summed E-state index contributed by atoms with van der Waals surface area (Å²) in [4.78, 5) is 4.51. The highest BCUT2D eigenvalue weighted by molar-refractivity contribution is 6.13. The Bertz CT molecular complexity index is 742. The first-order chi connectivity index (χ1) is 11.2. The Balaban J connectivity index is 1.97. The zero-order chi connectivity index (χ0) is 16.2. The van der Waals surface area contributed by atoms with Gasteiger partial charge in [0.2, 0.25) is 0 Å². The van der Waals surface area contributed by atoms with Crippen molar-refractivity contribution in [2.45, 2.75) is 0 Å². The monoisotopic (exact) mass is 310 g/mol. The molecule has 0 aliphatic carbocycles. The first kappa shape index (κ1) is 15.0. The molecule has 3 rings (SSSR count). The van der Waals surface area contributed by atoms with E-state index in [0.717, 1.165) is 34.0 Å². The van der Waals surface area contributed by atoms with Crippen molar-refractivity contribution in [1.29, 1.82) is 0 Å². The Labute approximate surface area is 134 Å². The molecule has 1 aliphatic heterocycles. The zero-order valence-electron chi connectivity index (χ0n) is 13.0. The number of aromatic hydroxyl groups is 1. The maximum atomic E-state index is 9.41. The van der Waals surface area contributed by atoms with Crippen LogP contribution in [0.3, 0.4) is 0 Å². The quantitative estimate of drug-likeness (QED) is 0.911. The molecule has 2 aromatic carbocycles. The fraction of sp³-hybridized carbons (Fsp3) is 0.167. The number of allylic oxidation sites excluding steroid dienone is 1. The Morgan fingerprint density at radius 3 is 2.22 bits per heavy atom. The third-order valence-electron chi connectivity index (χ3n) is 3.63. The lowest BCUT2D eigenvalue weighted by atomic mass is 10.0. The predicted molar refractivity (Wildman–Crippen MR) is 90.2 cm³/mol. The van der Waals surface area contributed by atoms with Crippen LogP contribution in [0.5, 0.6) is 17.2 Å². The van der Waals surface area contributed by atoms with Gasteiger partial charge >= 0.3 is 0 Å². The van der Waals surface area contributed by atoms with Crippen LogP contribution in [0.15, 0.2) is 53.5 Å². The van der Waals surface area contributed by atoms with E-state index in [1.165, 1.54) is 0 Å². The lowest BCUT2D eigenvalue weighted by Crippen LogP contribution is -2.20. The molecule has 0 bridgehead atoms. The summed E-state index contributed by atoms with van der Waals surface area (Å²) in [6, 6.07) is 12.7. The molecule has 0 fully saturated rings. The predicted octanol–water partition coefficient (Wildman–Crippen LogP) is 2.80. The van der Waals surface area contributed by atoms with Crippen LogP contribution in [0.4, 0.5) is 0 Å². The lowest BCUT2D eigenvalue weighted by molar-refractivity contribution is 0.394. The summed E-state index contributed by atoms with van der Waals surface area (Å²) in [5.74, 6) is 1.69. The lowest BCUT2D eigenvalue weighted by Gasteiger charge is -2.17. The molecule has 0 radical (unpaired) electrons. The van der Waals surface area contributed by atoms with Gasteiger partial charge in [-0.1, -0.05) is 0 Å². The Kier molecular flexibility index (Phi) is 4.19. The van der Waals surface area contributed by atoms with Crippen LogP contribution in [-0.2, 0) is 0 Å². The van der Waals surface area contributed by atoms with E-state index in [2.05, 4.69) is 10.3 Å².